The predicted molar refractivity (Wildman–Crippen MR) is 43.8 cm³/mol. The van der Waals surface area contributed by atoms with Crippen molar-refractivity contribution in [3.05, 3.63) is 0 Å². The molecule has 60 valence electrons. The minimum Gasteiger partial charge on any atom is -0.437 e. The first-order chi connectivity index (χ1) is 5.25. The summed E-state index contributed by atoms with van der Waals surface area (Å²) >= 11 is 0. The van der Waals surface area contributed by atoms with Gasteiger partial charge in [0, 0.05) is 12.5 Å². The molecule has 3 nitrogen and oxygen atoms in total. The van der Waals surface area contributed by atoms with Crippen molar-refractivity contribution < 1.29 is 5.02 Å². The molecule has 1 aliphatic heterocycles. The van der Waals surface area contributed by atoms with Crippen LogP contribution >= 0.6 is 0 Å². The fraction of sp³-hybridized carbons (Fsp3) is 0.857. The normalized spacial score (nSPS) is 25.0. The van der Waals surface area contributed by atoms with Gasteiger partial charge in [0.15, 0.2) is 0 Å². The Morgan fingerprint density at radius 3 is 3.09 bits per heavy atom. The van der Waals surface area contributed by atoms with Crippen LogP contribution in [0.4, 0.5) is 0 Å². The van der Waals surface area contributed by atoms with Crippen LogP contribution in [0.1, 0.15) is 19.3 Å². The average molecular weight is 152 g/mol. The van der Waals surface area contributed by atoms with Crippen molar-refractivity contribution in [2.45, 2.75) is 32.1 Å². The highest BCUT2D eigenvalue weighted by molar-refractivity contribution is 6.45. The SMILES string of the molecule is CB(O)N1CCC[C@H]1CC#N. The average Bonchev–Trinajstić information content (AvgIpc) is 2.36. The van der Waals surface area contributed by atoms with E-state index in [1.807, 2.05) is 4.81 Å². The molecule has 1 saturated heterocycles. The predicted octanol–water partition coefficient (Wildman–Crippen LogP) is 0.475. The van der Waals surface area contributed by atoms with Crippen molar-refractivity contribution in [3.8, 4) is 6.07 Å². The van der Waals surface area contributed by atoms with Crippen molar-refractivity contribution in [2.75, 3.05) is 6.54 Å². The van der Waals surface area contributed by atoms with Gasteiger partial charge in [-0.05, 0) is 26.2 Å². The Hall–Kier alpha value is -0.525. The number of hydrogen-bond donors (Lipinski definition) is 1. The second kappa shape index (κ2) is 3.75. The highest BCUT2D eigenvalue weighted by Gasteiger charge is 2.29. The fourth-order valence-electron chi connectivity index (χ4n) is 1.67. The van der Waals surface area contributed by atoms with Gasteiger partial charge in [-0.2, -0.15) is 5.26 Å². The smallest absolute Gasteiger partial charge is 0.376 e. The van der Waals surface area contributed by atoms with Crippen molar-refractivity contribution in [1.29, 1.82) is 5.26 Å². The van der Waals surface area contributed by atoms with Crippen molar-refractivity contribution >= 4 is 7.05 Å². The molecule has 0 bridgehead atoms. The Bertz CT molecular complexity index is 166. The van der Waals surface area contributed by atoms with Crippen LogP contribution in [0.15, 0.2) is 0 Å². The summed E-state index contributed by atoms with van der Waals surface area (Å²) in [5, 5.41) is 17.7. The second-order valence-corrected chi connectivity index (χ2v) is 3.03. The molecule has 11 heavy (non-hydrogen) atoms. The zero-order valence-corrected chi connectivity index (χ0v) is 6.82. The molecule has 0 spiro atoms. The summed E-state index contributed by atoms with van der Waals surface area (Å²) in [5.74, 6) is 0. The summed E-state index contributed by atoms with van der Waals surface area (Å²) < 4.78 is 0. The number of hydrogen-bond acceptors (Lipinski definition) is 3. The fourth-order valence-corrected chi connectivity index (χ4v) is 1.67. The molecule has 1 rings (SSSR count). The van der Waals surface area contributed by atoms with Crippen molar-refractivity contribution in [1.82, 2.24) is 4.81 Å². The molecular weight excluding hydrogens is 139 g/mol. The molecule has 0 saturated carbocycles. The lowest BCUT2D eigenvalue weighted by molar-refractivity contribution is 0.348. The molecule has 4 heteroatoms. The van der Waals surface area contributed by atoms with E-state index in [1.54, 1.807) is 6.82 Å². The maximum atomic E-state index is 9.27. The Balaban J connectivity index is 2.45. The lowest BCUT2D eigenvalue weighted by Crippen LogP contribution is -2.40. The van der Waals surface area contributed by atoms with Gasteiger partial charge >= 0.3 is 7.05 Å². The summed E-state index contributed by atoms with van der Waals surface area (Å²) in [6, 6.07) is 2.43. The highest BCUT2D eigenvalue weighted by atomic mass is 16.2. The molecule has 1 fully saturated rings. The van der Waals surface area contributed by atoms with Crippen molar-refractivity contribution in [3.63, 3.8) is 0 Å². The van der Waals surface area contributed by atoms with Gasteiger partial charge in [-0.25, -0.2) is 0 Å². The van der Waals surface area contributed by atoms with Crippen LogP contribution < -0.4 is 0 Å². The summed E-state index contributed by atoms with van der Waals surface area (Å²) in [6.07, 6.45) is 2.71. The quantitative estimate of drug-likeness (QED) is 0.585. The van der Waals surface area contributed by atoms with Gasteiger partial charge in [-0.15, -0.1) is 0 Å². The Morgan fingerprint density at radius 1 is 1.82 bits per heavy atom. The first-order valence-corrected chi connectivity index (χ1v) is 4.06. The molecular formula is C7H13BN2O. The third-order valence-corrected chi connectivity index (χ3v) is 2.23. The minimum absolute atomic E-state index is 0.292. The van der Waals surface area contributed by atoms with E-state index >= 15 is 0 Å². The zero-order chi connectivity index (χ0) is 8.27. The Morgan fingerprint density at radius 2 is 2.55 bits per heavy atom. The first-order valence-electron chi connectivity index (χ1n) is 4.06. The van der Waals surface area contributed by atoms with E-state index in [-0.39, 0.29) is 0 Å². The summed E-state index contributed by atoms with van der Waals surface area (Å²) in [7, 11) is -0.393. The van der Waals surface area contributed by atoms with Crippen molar-refractivity contribution in [2.24, 2.45) is 0 Å². The minimum atomic E-state index is -0.393. The molecule has 1 N–H and O–H groups in total. The molecule has 1 atom stereocenters. The third-order valence-electron chi connectivity index (χ3n) is 2.23. The van der Waals surface area contributed by atoms with E-state index < -0.39 is 7.05 Å². The number of rotatable bonds is 2. The Kier molecular flexibility index (Phi) is 2.92. The first kappa shape index (κ1) is 8.57. The van der Waals surface area contributed by atoms with Crippen LogP contribution in [0.2, 0.25) is 6.82 Å². The van der Waals surface area contributed by atoms with Gasteiger partial charge in [0.1, 0.15) is 0 Å². The maximum absolute atomic E-state index is 9.27. The monoisotopic (exact) mass is 152 g/mol. The molecule has 0 aromatic carbocycles. The topological polar surface area (TPSA) is 47.3 Å². The van der Waals surface area contributed by atoms with Crippen LogP contribution in [0, 0.1) is 11.3 Å². The van der Waals surface area contributed by atoms with Crippen LogP contribution in [-0.4, -0.2) is 29.5 Å². The lowest BCUT2D eigenvalue weighted by atomic mass is 9.84. The molecule has 1 aliphatic rings. The molecule has 0 aromatic heterocycles. The molecule has 1 heterocycles. The zero-order valence-electron chi connectivity index (χ0n) is 6.82. The Labute approximate surface area is 67.8 Å². The standard InChI is InChI=1S/C7H13BN2O/c1-8(11)10-6-2-3-7(10)4-5-9/h7,11H,2-4,6H2,1H3/t7-/m0/s1. The van der Waals surface area contributed by atoms with E-state index in [9.17, 15) is 5.02 Å². The van der Waals surface area contributed by atoms with Gasteiger partial charge in [0.2, 0.25) is 0 Å². The molecule has 0 aliphatic carbocycles. The van der Waals surface area contributed by atoms with E-state index in [1.165, 1.54) is 0 Å². The van der Waals surface area contributed by atoms with Crippen LogP contribution in [0.25, 0.3) is 0 Å². The lowest BCUT2D eigenvalue weighted by Gasteiger charge is -2.22. The van der Waals surface area contributed by atoms with Crippen LogP contribution in [0.3, 0.4) is 0 Å². The van der Waals surface area contributed by atoms with E-state index in [0.29, 0.717) is 12.5 Å². The van der Waals surface area contributed by atoms with Gasteiger partial charge < -0.3 is 9.83 Å². The van der Waals surface area contributed by atoms with Gasteiger partial charge in [-0.3, -0.25) is 0 Å². The van der Waals surface area contributed by atoms with Crippen LogP contribution in [-0.2, 0) is 0 Å². The van der Waals surface area contributed by atoms with Crippen LogP contribution in [0.5, 0.6) is 0 Å². The maximum Gasteiger partial charge on any atom is 0.376 e. The number of nitriles is 1. The van der Waals surface area contributed by atoms with E-state index in [0.717, 1.165) is 19.4 Å². The number of nitrogens with zero attached hydrogens (tertiary/aromatic N) is 2. The van der Waals surface area contributed by atoms with E-state index in [4.69, 9.17) is 5.26 Å². The van der Waals surface area contributed by atoms with Gasteiger partial charge in [0.05, 0.1) is 6.07 Å². The molecule has 0 amide bonds. The summed E-state index contributed by atoms with van der Waals surface area (Å²) in [6.45, 7) is 2.69. The van der Waals surface area contributed by atoms with Gasteiger partial charge in [-0.1, -0.05) is 0 Å². The summed E-state index contributed by atoms with van der Waals surface area (Å²) in [4.78, 5) is 1.99. The molecule has 0 unspecified atom stereocenters. The largest absolute Gasteiger partial charge is 0.437 e. The second-order valence-electron chi connectivity index (χ2n) is 3.03. The third kappa shape index (κ3) is 1.95. The van der Waals surface area contributed by atoms with Gasteiger partial charge in [0.25, 0.3) is 0 Å². The highest BCUT2D eigenvalue weighted by Crippen LogP contribution is 2.19. The molecule has 0 aromatic rings. The summed E-state index contributed by atoms with van der Waals surface area (Å²) in [5.41, 5.74) is 0. The van der Waals surface area contributed by atoms with E-state index in [2.05, 4.69) is 6.07 Å². The molecule has 0 radical (unpaired) electrons.